The van der Waals surface area contributed by atoms with Gasteiger partial charge in [0, 0.05) is 30.2 Å². The van der Waals surface area contributed by atoms with Crippen LogP contribution in [0.1, 0.15) is 112 Å². The summed E-state index contributed by atoms with van der Waals surface area (Å²) in [6, 6.07) is 13.6. The fourth-order valence-corrected chi connectivity index (χ4v) is 11.0. The maximum absolute atomic E-state index is 13.0. The number of carbonyl (C=O) groups excluding carboxylic acids is 1. The van der Waals surface area contributed by atoms with E-state index < -0.39 is 5.97 Å². The minimum atomic E-state index is -0.430. The summed E-state index contributed by atoms with van der Waals surface area (Å²) in [5.41, 5.74) is 2.76. The number of phenolic OH excluding ortho intramolecular Hbond substituents is 1. The summed E-state index contributed by atoms with van der Waals surface area (Å²) in [6.07, 6.45) is 17.3. The molecule has 4 aliphatic carbocycles. The van der Waals surface area contributed by atoms with Gasteiger partial charge in [0.25, 0.3) is 0 Å². The molecule has 4 aliphatic rings. The number of ether oxygens (including phenoxy) is 2. The number of rotatable bonds is 10. The van der Waals surface area contributed by atoms with Crippen LogP contribution < -0.4 is 10.2 Å². The third-order valence-corrected chi connectivity index (χ3v) is 13.9. The first-order valence-electron chi connectivity index (χ1n) is 19.8. The highest BCUT2D eigenvalue weighted by Gasteiger charge is 2.56. The minimum absolute atomic E-state index is 0.0789. The normalized spacial score (nSPS) is 30.9. The van der Waals surface area contributed by atoms with E-state index in [4.69, 9.17) is 13.9 Å². The summed E-state index contributed by atoms with van der Waals surface area (Å²) >= 11 is 0. The van der Waals surface area contributed by atoms with Crippen LogP contribution in [-0.4, -0.2) is 23.8 Å². The fraction of sp³-hybridized carbons (Fsp3) is 0.600. The Labute approximate surface area is 304 Å². The summed E-state index contributed by atoms with van der Waals surface area (Å²) in [4.78, 5) is 25.9. The zero-order chi connectivity index (χ0) is 35.9. The summed E-state index contributed by atoms with van der Waals surface area (Å²) in [7, 11) is 0. The van der Waals surface area contributed by atoms with Crippen LogP contribution >= 0.6 is 0 Å². The third-order valence-electron chi connectivity index (χ3n) is 13.9. The van der Waals surface area contributed by atoms with Crippen molar-refractivity contribution in [2.75, 3.05) is 6.61 Å². The maximum Gasteiger partial charge on any atom is 0.344 e. The van der Waals surface area contributed by atoms with Crippen LogP contribution in [0.2, 0.25) is 0 Å². The van der Waals surface area contributed by atoms with E-state index in [1.54, 1.807) is 6.07 Å². The van der Waals surface area contributed by atoms with E-state index >= 15 is 0 Å². The molecule has 1 aromatic heterocycles. The lowest BCUT2D eigenvalue weighted by atomic mass is 9.44. The molecule has 6 heteroatoms. The Balaban J connectivity index is 0.956. The van der Waals surface area contributed by atoms with Crippen LogP contribution in [0.3, 0.4) is 0 Å². The van der Waals surface area contributed by atoms with Crippen molar-refractivity contribution in [2.45, 2.75) is 118 Å². The lowest BCUT2D eigenvalue weighted by Crippen LogP contribution is -2.52. The van der Waals surface area contributed by atoms with Crippen molar-refractivity contribution in [3.8, 4) is 22.8 Å². The number of fused-ring (bicyclic) bond motifs is 6. The lowest BCUT2D eigenvalue weighted by Gasteiger charge is -2.61. The lowest BCUT2D eigenvalue weighted by molar-refractivity contribution is -0.154. The number of hydrogen-bond acceptors (Lipinski definition) is 6. The number of esters is 1. The van der Waals surface area contributed by atoms with Crippen LogP contribution in [-0.2, 0) is 9.53 Å². The van der Waals surface area contributed by atoms with Gasteiger partial charge in [-0.25, -0.2) is 4.79 Å². The van der Waals surface area contributed by atoms with Crippen molar-refractivity contribution in [1.82, 2.24) is 0 Å². The summed E-state index contributed by atoms with van der Waals surface area (Å²) in [5, 5.41) is 10.7. The largest absolute Gasteiger partial charge is 0.507 e. The fourth-order valence-electron chi connectivity index (χ4n) is 11.0. The van der Waals surface area contributed by atoms with E-state index in [2.05, 4.69) is 40.7 Å². The van der Waals surface area contributed by atoms with Gasteiger partial charge in [0.1, 0.15) is 34.3 Å². The molecule has 0 unspecified atom stereocenters. The van der Waals surface area contributed by atoms with E-state index in [1.807, 2.05) is 30.3 Å². The third kappa shape index (κ3) is 7.26. The van der Waals surface area contributed by atoms with Gasteiger partial charge in [0.2, 0.25) is 0 Å². The molecule has 0 amide bonds. The van der Waals surface area contributed by atoms with Crippen molar-refractivity contribution < 1.29 is 23.8 Å². The van der Waals surface area contributed by atoms with Crippen LogP contribution in [0.25, 0.3) is 22.3 Å². The number of carbonyl (C=O) groups is 1. The van der Waals surface area contributed by atoms with E-state index in [1.165, 1.54) is 75.5 Å². The molecule has 0 bridgehead atoms. The first-order chi connectivity index (χ1) is 24.4. The van der Waals surface area contributed by atoms with Gasteiger partial charge >= 0.3 is 5.97 Å². The van der Waals surface area contributed by atoms with Crippen molar-refractivity contribution in [1.29, 1.82) is 0 Å². The van der Waals surface area contributed by atoms with Crippen LogP contribution in [0.15, 0.2) is 69.4 Å². The maximum atomic E-state index is 13.0. The van der Waals surface area contributed by atoms with Crippen molar-refractivity contribution in [3.05, 3.63) is 70.4 Å². The standard InChI is InChI=1S/C45H58O6/c1-28(2)10-9-11-29(3)31-14-17-36-35-16-15-32-22-33(18-21-45(32,5)37(35)19-20-44(36,4)26-31)50-42(48)27-49-34-23-38(46)43-39(47)25-40(51-41(43)24-34)30-12-7-6-8-13-30/h6-8,12-13,15,23-25,28-29,31,33,35-37,46H,9-11,14,16-22,26-27H2,1-5H3/t29-,31+,33-,35-,36+,37+,44+,45-/m0/s1. The van der Waals surface area contributed by atoms with Crippen LogP contribution in [0.5, 0.6) is 11.5 Å². The van der Waals surface area contributed by atoms with E-state index in [0.717, 1.165) is 60.3 Å². The molecule has 0 aliphatic heterocycles. The predicted octanol–water partition coefficient (Wildman–Crippen LogP) is 10.9. The number of allylic oxidation sites excluding steroid dienone is 1. The first-order valence-corrected chi connectivity index (χ1v) is 19.8. The van der Waals surface area contributed by atoms with Gasteiger partial charge in [0.15, 0.2) is 12.0 Å². The van der Waals surface area contributed by atoms with Gasteiger partial charge in [-0.2, -0.15) is 0 Å². The molecule has 8 atom stereocenters. The Hall–Kier alpha value is -3.54. The smallest absolute Gasteiger partial charge is 0.344 e. The first kappa shape index (κ1) is 35.8. The Kier molecular flexibility index (Phi) is 10.2. The topological polar surface area (TPSA) is 86.0 Å². The quantitative estimate of drug-likeness (QED) is 0.168. The molecule has 274 valence electrons. The van der Waals surface area contributed by atoms with Gasteiger partial charge < -0.3 is 19.0 Å². The van der Waals surface area contributed by atoms with Crippen LogP contribution in [0, 0.1) is 46.3 Å². The Bertz CT molecular complexity index is 1810. The Morgan fingerprint density at radius 1 is 0.980 bits per heavy atom. The SMILES string of the molecule is CC(C)CCC[C@H](C)[C@@H]1CC[C@@H]2[C@@H]3CC=C4C[C@@H](OC(=O)COc5cc(O)c6c(=O)cc(-c7ccccc7)oc6c5)CC[C@]4(C)[C@@H]3CC[C@]2(C)C1. The number of benzene rings is 2. The second-order valence-corrected chi connectivity index (χ2v) is 17.6. The molecule has 1 heterocycles. The van der Waals surface area contributed by atoms with Crippen LogP contribution in [0.4, 0.5) is 0 Å². The molecular weight excluding hydrogens is 636 g/mol. The van der Waals surface area contributed by atoms with Gasteiger partial charge in [-0.15, -0.1) is 0 Å². The summed E-state index contributed by atoms with van der Waals surface area (Å²) < 4.78 is 17.8. The van der Waals surface area contributed by atoms with Crippen molar-refractivity contribution >= 4 is 16.9 Å². The minimum Gasteiger partial charge on any atom is -0.507 e. The average molecular weight is 695 g/mol. The van der Waals surface area contributed by atoms with Gasteiger partial charge in [0.05, 0.1) is 0 Å². The van der Waals surface area contributed by atoms with Crippen molar-refractivity contribution in [2.24, 2.45) is 46.3 Å². The molecule has 3 fully saturated rings. The van der Waals surface area contributed by atoms with Gasteiger partial charge in [-0.3, -0.25) is 4.79 Å². The summed E-state index contributed by atoms with van der Waals surface area (Å²) in [5.74, 6) is 4.80. The zero-order valence-corrected chi connectivity index (χ0v) is 31.4. The Morgan fingerprint density at radius 2 is 1.78 bits per heavy atom. The molecule has 3 aromatic rings. The molecule has 0 radical (unpaired) electrons. The Morgan fingerprint density at radius 3 is 2.57 bits per heavy atom. The van der Waals surface area contributed by atoms with E-state index in [-0.39, 0.29) is 46.0 Å². The average Bonchev–Trinajstić information content (AvgIpc) is 3.10. The molecule has 3 saturated carbocycles. The van der Waals surface area contributed by atoms with E-state index in [9.17, 15) is 14.7 Å². The molecule has 1 N–H and O–H groups in total. The number of hydrogen-bond donors (Lipinski definition) is 1. The summed E-state index contributed by atoms with van der Waals surface area (Å²) in [6.45, 7) is 12.1. The number of aromatic hydroxyl groups is 1. The highest BCUT2D eigenvalue weighted by Crippen LogP contribution is 2.65. The molecular formula is C45H58O6. The molecule has 7 rings (SSSR count). The highest BCUT2D eigenvalue weighted by atomic mass is 16.6. The molecule has 0 spiro atoms. The zero-order valence-electron chi connectivity index (χ0n) is 31.4. The highest BCUT2D eigenvalue weighted by molar-refractivity contribution is 5.86. The second kappa shape index (κ2) is 14.5. The van der Waals surface area contributed by atoms with Crippen molar-refractivity contribution in [3.63, 3.8) is 0 Å². The monoisotopic (exact) mass is 694 g/mol. The molecule has 6 nitrogen and oxygen atoms in total. The number of phenols is 1. The van der Waals surface area contributed by atoms with Gasteiger partial charge in [-0.05, 0) is 97.7 Å². The van der Waals surface area contributed by atoms with E-state index in [0.29, 0.717) is 11.2 Å². The molecule has 2 aromatic carbocycles. The van der Waals surface area contributed by atoms with Gasteiger partial charge in [-0.1, -0.05) is 95.9 Å². The molecule has 0 saturated heterocycles. The molecule has 51 heavy (non-hydrogen) atoms. The second-order valence-electron chi connectivity index (χ2n) is 17.6. The predicted molar refractivity (Wildman–Crippen MR) is 203 cm³/mol.